The van der Waals surface area contributed by atoms with Crippen LogP contribution in [-0.4, -0.2) is 16.6 Å². The van der Waals surface area contributed by atoms with E-state index >= 15 is 0 Å². The Morgan fingerprint density at radius 2 is 1.32 bits per heavy atom. The van der Waals surface area contributed by atoms with Crippen LogP contribution in [-0.2, 0) is 0 Å². The Labute approximate surface area is 144 Å². The predicted octanol–water partition coefficient (Wildman–Crippen LogP) is 1.12. The van der Waals surface area contributed by atoms with E-state index in [1.165, 1.54) is 0 Å². The molecule has 126 valence electrons. The maximum Gasteiger partial charge on any atom is 0.272 e. The van der Waals surface area contributed by atoms with Gasteiger partial charge in [0.15, 0.2) is 0 Å². The first kappa shape index (κ1) is 16.5. The van der Waals surface area contributed by atoms with E-state index in [1.54, 1.807) is 12.2 Å². The lowest BCUT2D eigenvalue weighted by atomic mass is 10.2. The van der Waals surface area contributed by atoms with Crippen LogP contribution in [0, 0.1) is 0 Å². The molecule has 2 aromatic carbocycles. The second-order valence-electron chi connectivity index (χ2n) is 5.44. The fraction of sp³-hybridized carbons (Fsp3) is 0.100. The summed E-state index contributed by atoms with van der Waals surface area (Å²) in [5.74, 6) is 0.759. The van der Waals surface area contributed by atoms with Crippen molar-refractivity contribution >= 4 is 12.2 Å². The summed E-state index contributed by atoms with van der Waals surface area (Å²) in [7, 11) is 0. The van der Waals surface area contributed by atoms with Crippen LogP contribution in [0.1, 0.15) is 18.1 Å². The van der Waals surface area contributed by atoms with Gasteiger partial charge in [0.1, 0.15) is 16.4 Å². The first-order chi connectivity index (χ1) is 12.2. The molecule has 5 nitrogen and oxygen atoms in total. The minimum Gasteiger partial charge on any atom is -0.494 e. The summed E-state index contributed by atoms with van der Waals surface area (Å²) in [5.41, 5.74) is 0.938. The lowest BCUT2D eigenvalue weighted by molar-refractivity contribution is 0.340. The standard InChI is InChI=1S/C20H18N2O3/c1-2-25-16-10-8-15(9-11-16)13-18-20(24)21-17(19(23)22-18)12-14-6-4-3-5-7-14/h3-13H,2H2,1H3,(H,21,24)(H,22,23)/b17-12-,18-13-. The summed E-state index contributed by atoms with van der Waals surface area (Å²) in [5, 5.41) is 0.430. The van der Waals surface area contributed by atoms with Gasteiger partial charge in [-0.05, 0) is 42.3 Å². The fourth-order valence-corrected chi connectivity index (χ4v) is 2.41. The molecule has 0 aliphatic heterocycles. The molecule has 0 atom stereocenters. The smallest absolute Gasteiger partial charge is 0.272 e. The fourth-order valence-electron chi connectivity index (χ4n) is 2.41. The number of hydrogen-bond donors (Lipinski definition) is 2. The minimum atomic E-state index is -0.351. The van der Waals surface area contributed by atoms with Crippen LogP contribution in [0.3, 0.4) is 0 Å². The number of rotatable bonds is 4. The van der Waals surface area contributed by atoms with Gasteiger partial charge in [0, 0.05) is 0 Å². The van der Waals surface area contributed by atoms with Crippen molar-refractivity contribution in [2.24, 2.45) is 0 Å². The van der Waals surface area contributed by atoms with Crippen molar-refractivity contribution in [2.45, 2.75) is 6.92 Å². The van der Waals surface area contributed by atoms with Gasteiger partial charge < -0.3 is 14.7 Å². The Bertz CT molecular complexity index is 1080. The molecular formula is C20H18N2O3. The van der Waals surface area contributed by atoms with E-state index in [0.717, 1.165) is 16.9 Å². The number of hydrogen-bond acceptors (Lipinski definition) is 3. The highest BCUT2D eigenvalue weighted by Gasteiger charge is 1.97. The molecule has 5 heteroatoms. The summed E-state index contributed by atoms with van der Waals surface area (Å²) >= 11 is 0. The van der Waals surface area contributed by atoms with Gasteiger partial charge >= 0.3 is 0 Å². The van der Waals surface area contributed by atoms with Crippen LogP contribution in [0.5, 0.6) is 5.75 Å². The normalized spacial score (nSPS) is 12.4. The maximum atomic E-state index is 12.3. The van der Waals surface area contributed by atoms with Gasteiger partial charge in [-0.25, -0.2) is 0 Å². The molecule has 0 saturated heterocycles. The molecule has 0 saturated carbocycles. The Balaban J connectivity index is 2.02. The van der Waals surface area contributed by atoms with Gasteiger partial charge in [-0.3, -0.25) is 9.59 Å². The van der Waals surface area contributed by atoms with Crippen molar-refractivity contribution in [3.63, 3.8) is 0 Å². The molecule has 1 heterocycles. The lowest BCUT2D eigenvalue weighted by Crippen LogP contribution is -2.46. The summed E-state index contributed by atoms with van der Waals surface area (Å²) in [4.78, 5) is 29.8. The Morgan fingerprint density at radius 3 is 1.84 bits per heavy atom. The Kier molecular flexibility index (Phi) is 4.95. The third-order valence-electron chi connectivity index (χ3n) is 3.60. The molecule has 3 aromatic rings. The molecule has 0 amide bonds. The summed E-state index contributed by atoms with van der Waals surface area (Å²) in [6, 6.07) is 16.6. The highest BCUT2D eigenvalue weighted by molar-refractivity contribution is 5.50. The number of nitrogens with one attached hydrogen (secondary N) is 2. The second-order valence-corrected chi connectivity index (χ2v) is 5.44. The van der Waals surface area contributed by atoms with Crippen LogP contribution >= 0.6 is 0 Å². The maximum absolute atomic E-state index is 12.3. The van der Waals surface area contributed by atoms with Crippen LogP contribution in [0.15, 0.2) is 64.2 Å². The van der Waals surface area contributed by atoms with Gasteiger partial charge in [-0.2, -0.15) is 0 Å². The summed E-state index contributed by atoms with van der Waals surface area (Å²) < 4.78 is 5.38. The first-order valence-corrected chi connectivity index (χ1v) is 7.99. The zero-order valence-electron chi connectivity index (χ0n) is 13.8. The Hall–Kier alpha value is -3.34. The van der Waals surface area contributed by atoms with Crippen molar-refractivity contribution in [1.29, 1.82) is 0 Å². The average Bonchev–Trinajstić information content (AvgIpc) is 2.62. The van der Waals surface area contributed by atoms with Crippen LogP contribution in [0.25, 0.3) is 12.2 Å². The van der Waals surface area contributed by atoms with E-state index in [1.807, 2.05) is 61.5 Å². The third-order valence-corrected chi connectivity index (χ3v) is 3.60. The van der Waals surface area contributed by atoms with E-state index in [0.29, 0.717) is 6.61 Å². The summed E-state index contributed by atoms with van der Waals surface area (Å²) in [6.45, 7) is 2.51. The molecule has 3 rings (SSSR count). The molecule has 2 N–H and O–H groups in total. The monoisotopic (exact) mass is 334 g/mol. The Morgan fingerprint density at radius 1 is 0.800 bits per heavy atom. The lowest BCUT2D eigenvalue weighted by Gasteiger charge is -2.02. The quantitative estimate of drug-likeness (QED) is 0.751. The number of H-pyrrole nitrogens is 2. The van der Waals surface area contributed by atoms with Crippen molar-refractivity contribution in [3.05, 3.63) is 97.1 Å². The van der Waals surface area contributed by atoms with E-state index in [9.17, 15) is 9.59 Å². The summed E-state index contributed by atoms with van der Waals surface area (Å²) in [6.07, 6.45) is 3.27. The molecule has 25 heavy (non-hydrogen) atoms. The van der Waals surface area contributed by atoms with E-state index in [-0.39, 0.29) is 21.8 Å². The molecule has 0 unspecified atom stereocenters. The molecular weight excluding hydrogens is 316 g/mol. The second kappa shape index (κ2) is 7.49. The third kappa shape index (κ3) is 4.14. The molecule has 0 aliphatic carbocycles. The molecule has 0 fully saturated rings. The molecule has 1 aromatic heterocycles. The van der Waals surface area contributed by atoms with Crippen LogP contribution in [0.2, 0.25) is 0 Å². The largest absolute Gasteiger partial charge is 0.494 e. The van der Waals surface area contributed by atoms with E-state index in [2.05, 4.69) is 9.97 Å². The van der Waals surface area contributed by atoms with Crippen LogP contribution in [0.4, 0.5) is 0 Å². The van der Waals surface area contributed by atoms with Gasteiger partial charge in [-0.1, -0.05) is 42.5 Å². The zero-order chi connectivity index (χ0) is 17.6. The zero-order valence-corrected chi connectivity index (χ0v) is 13.8. The van der Waals surface area contributed by atoms with Gasteiger partial charge in [0.25, 0.3) is 11.1 Å². The topological polar surface area (TPSA) is 75.0 Å². The van der Waals surface area contributed by atoms with Crippen molar-refractivity contribution in [3.8, 4) is 5.75 Å². The van der Waals surface area contributed by atoms with Crippen molar-refractivity contribution < 1.29 is 4.74 Å². The van der Waals surface area contributed by atoms with Crippen molar-refractivity contribution in [2.75, 3.05) is 6.61 Å². The average molecular weight is 334 g/mol. The van der Waals surface area contributed by atoms with E-state index < -0.39 is 0 Å². The number of benzene rings is 2. The SMILES string of the molecule is CCOc1ccc(/C=c2\[nH]c(=O)/c(=C/c3ccccc3)[nH]c2=O)cc1. The first-order valence-electron chi connectivity index (χ1n) is 7.99. The van der Waals surface area contributed by atoms with Gasteiger partial charge in [0.2, 0.25) is 0 Å². The molecule has 0 bridgehead atoms. The van der Waals surface area contributed by atoms with Gasteiger partial charge in [0.05, 0.1) is 6.61 Å². The van der Waals surface area contributed by atoms with Gasteiger partial charge in [-0.15, -0.1) is 0 Å². The predicted molar refractivity (Wildman–Crippen MR) is 98.1 cm³/mol. The minimum absolute atomic E-state index is 0.208. The van der Waals surface area contributed by atoms with Crippen LogP contribution < -0.4 is 26.6 Å². The highest BCUT2D eigenvalue weighted by Crippen LogP contribution is 2.11. The molecule has 0 aliphatic rings. The molecule has 0 spiro atoms. The number of ether oxygens (including phenoxy) is 1. The number of aromatic amines is 2. The van der Waals surface area contributed by atoms with E-state index in [4.69, 9.17) is 4.74 Å². The van der Waals surface area contributed by atoms with Crippen molar-refractivity contribution in [1.82, 2.24) is 9.97 Å². The number of aromatic nitrogens is 2. The molecule has 0 radical (unpaired) electrons. The highest BCUT2D eigenvalue weighted by atomic mass is 16.5.